The Labute approximate surface area is 172 Å². The van der Waals surface area contributed by atoms with Crippen LogP contribution in [-0.4, -0.2) is 30.0 Å². The van der Waals surface area contributed by atoms with Crippen LogP contribution in [0.4, 0.5) is 22.9 Å². The molecule has 0 radical (unpaired) electrons. The quantitative estimate of drug-likeness (QED) is 0.654. The summed E-state index contributed by atoms with van der Waals surface area (Å²) in [5.74, 6) is 0.285. The molecule has 0 saturated heterocycles. The predicted octanol–water partition coefficient (Wildman–Crippen LogP) is 4.84. The van der Waals surface area contributed by atoms with Gasteiger partial charge in [0.25, 0.3) is 5.91 Å². The molecule has 0 aliphatic rings. The lowest BCUT2D eigenvalue weighted by molar-refractivity contribution is 0.102. The van der Waals surface area contributed by atoms with Crippen molar-refractivity contribution in [3.63, 3.8) is 0 Å². The van der Waals surface area contributed by atoms with Gasteiger partial charge in [-0.05, 0) is 47.4 Å². The summed E-state index contributed by atoms with van der Waals surface area (Å²) in [5.41, 5.74) is 4.34. The molecule has 0 spiro atoms. The van der Waals surface area contributed by atoms with Crippen LogP contribution in [0.2, 0.25) is 0 Å². The molecule has 29 heavy (non-hydrogen) atoms. The van der Waals surface area contributed by atoms with Gasteiger partial charge in [0.15, 0.2) is 0 Å². The minimum absolute atomic E-state index is 0.101. The van der Waals surface area contributed by atoms with Gasteiger partial charge in [0.1, 0.15) is 17.8 Å². The summed E-state index contributed by atoms with van der Waals surface area (Å²) in [5, 5.41) is 6.09. The summed E-state index contributed by atoms with van der Waals surface area (Å²) in [6.07, 6.45) is 1.38. The van der Waals surface area contributed by atoms with Crippen LogP contribution in [0, 0.1) is 0 Å². The molecule has 0 atom stereocenters. The zero-order chi connectivity index (χ0) is 21.0. The summed E-state index contributed by atoms with van der Waals surface area (Å²) in [6, 6.07) is 17.5. The Morgan fingerprint density at radius 1 is 0.897 bits per heavy atom. The molecule has 2 N–H and O–H groups in total. The van der Waals surface area contributed by atoms with Gasteiger partial charge in [-0.15, -0.1) is 0 Å². The second kappa shape index (κ2) is 8.31. The Balaban J connectivity index is 1.69. The van der Waals surface area contributed by atoms with Crippen LogP contribution in [0.25, 0.3) is 0 Å². The molecule has 2 aromatic carbocycles. The van der Waals surface area contributed by atoms with Gasteiger partial charge in [0.2, 0.25) is 0 Å². The lowest BCUT2D eigenvalue weighted by Crippen LogP contribution is -2.14. The predicted molar refractivity (Wildman–Crippen MR) is 119 cm³/mol. The summed E-state index contributed by atoms with van der Waals surface area (Å²) < 4.78 is 0. The minimum Gasteiger partial charge on any atom is -0.378 e. The number of carbonyl (C=O) groups excluding carboxylic acids is 1. The van der Waals surface area contributed by atoms with Gasteiger partial charge < -0.3 is 15.5 Å². The molecule has 3 rings (SSSR count). The van der Waals surface area contributed by atoms with E-state index in [9.17, 15) is 4.79 Å². The topological polar surface area (TPSA) is 70.2 Å². The van der Waals surface area contributed by atoms with Crippen LogP contribution < -0.4 is 15.5 Å². The highest BCUT2D eigenvalue weighted by Gasteiger charge is 2.13. The monoisotopic (exact) mass is 389 g/mol. The lowest BCUT2D eigenvalue weighted by atomic mass is 9.87. The Bertz CT molecular complexity index is 973. The largest absolute Gasteiger partial charge is 0.378 e. The molecular weight excluding hydrogens is 362 g/mol. The fourth-order valence-electron chi connectivity index (χ4n) is 2.79. The maximum Gasteiger partial charge on any atom is 0.274 e. The molecule has 1 amide bonds. The average molecular weight is 390 g/mol. The normalized spacial score (nSPS) is 11.1. The van der Waals surface area contributed by atoms with E-state index in [0.717, 1.165) is 11.4 Å². The first-order valence-corrected chi connectivity index (χ1v) is 9.51. The molecule has 6 nitrogen and oxygen atoms in total. The van der Waals surface area contributed by atoms with Gasteiger partial charge in [0, 0.05) is 37.2 Å². The van der Waals surface area contributed by atoms with E-state index in [4.69, 9.17) is 0 Å². The third kappa shape index (κ3) is 5.31. The second-order valence-corrected chi connectivity index (χ2v) is 8.14. The molecule has 0 saturated carbocycles. The SMILES string of the molecule is CN(C)c1ccc(NC(=O)c2cc(Nc3ccc(C(C)(C)C)cc3)ncn2)cc1. The third-order valence-corrected chi connectivity index (χ3v) is 4.56. The summed E-state index contributed by atoms with van der Waals surface area (Å²) >= 11 is 0. The number of anilines is 4. The van der Waals surface area contributed by atoms with E-state index in [0.29, 0.717) is 17.2 Å². The van der Waals surface area contributed by atoms with E-state index in [-0.39, 0.29) is 11.3 Å². The molecule has 0 fully saturated rings. The van der Waals surface area contributed by atoms with E-state index in [1.807, 2.05) is 55.4 Å². The average Bonchev–Trinajstić information content (AvgIpc) is 2.68. The zero-order valence-electron chi connectivity index (χ0n) is 17.5. The van der Waals surface area contributed by atoms with Crippen LogP contribution in [0.3, 0.4) is 0 Å². The van der Waals surface area contributed by atoms with Crippen molar-refractivity contribution in [3.05, 3.63) is 72.2 Å². The number of hydrogen-bond donors (Lipinski definition) is 2. The van der Waals surface area contributed by atoms with Crippen LogP contribution in [-0.2, 0) is 5.41 Å². The lowest BCUT2D eigenvalue weighted by Gasteiger charge is -2.19. The van der Waals surface area contributed by atoms with Gasteiger partial charge >= 0.3 is 0 Å². The van der Waals surface area contributed by atoms with Crippen molar-refractivity contribution in [2.24, 2.45) is 0 Å². The minimum atomic E-state index is -0.281. The Hall–Kier alpha value is -3.41. The molecule has 1 heterocycles. The van der Waals surface area contributed by atoms with E-state index >= 15 is 0 Å². The van der Waals surface area contributed by atoms with Gasteiger partial charge in [-0.1, -0.05) is 32.9 Å². The third-order valence-electron chi connectivity index (χ3n) is 4.56. The van der Waals surface area contributed by atoms with Crippen molar-refractivity contribution in [1.29, 1.82) is 0 Å². The van der Waals surface area contributed by atoms with Crippen LogP contribution >= 0.6 is 0 Å². The summed E-state index contributed by atoms with van der Waals surface area (Å²) in [6.45, 7) is 6.54. The molecule has 150 valence electrons. The molecule has 3 aromatic rings. The fraction of sp³-hybridized carbons (Fsp3) is 0.261. The zero-order valence-corrected chi connectivity index (χ0v) is 17.5. The van der Waals surface area contributed by atoms with E-state index in [1.165, 1.54) is 11.9 Å². The Kier molecular flexibility index (Phi) is 5.82. The van der Waals surface area contributed by atoms with E-state index in [1.54, 1.807) is 6.07 Å². The van der Waals surface area contributed by atoms with Crippen molar-refractivity contribution >= 4 is 28.8 Å². The molecule has 6 heteroatoms. The maximum absolute atomic E-state index is 12.6. The fourth-order valence-corrected chi connectivity index (χ4v) is 2.79. The van der Waals surface area contributed by atoms with Crippen molar-refractivity contribution in [1.82, 2.24) is 9.97 Å². The first-order chi connectivity index (χ1) is 13.7. The van der Waals surface area contributed by atoms with Crippen molar-refractivity contribution < 1.29 is 4.79 Å². The van der Waals surface area contributed by atoms with Gasteiger partial charge in [0.05, 0.1) is 0 Å². The highest BCUT2D eigenvalue weighted by molar-refractivity contribution is 6.03. The molecule has 0 aliphatic carbocycles. The molecule has 0 aliphatic heterocycles. The van der Waals surface area contributed by atoms with Gasteiger partial charge in [-0.25, -0.2) is 9.97 Å². The summed E-state index contributed by atoms with van der Waals surface area (Å²) in [4.78, 5) is 22.9. The number of amides is 1. The van der Waals surface area contributed by atoms with Crippen molar-refractivity contribution in [2.45, 2.75) is 26.2 Å². The van der Waals surface area contributed by atoms with Crippen LogP contribution in [0.5, 0.6) is 0 Å². The van der Waals surface area contributed by atoms with E-state index in [2.05, 4.69) is 53.5 Å². The number of benzene rings is 2. The maximum atomic E-state index is 12.6. The smallest absolute Gasteiger partial charge is 0.274 e. The number of carbonyl (C=O) groups is 1. The van der Waals surface area contributed by atoms with Crippen LogP contribution in [0.1, 0.15) is 36.8 Å². The second-order valence-electron chi connectivity index (χ2n) is 8.14. The van der Waals surface area contributed by atoms with Gasteiger partial charge in [-0.3, -0.25) is 4.79 Å². The first kappa shape index (κ1) is 20.3. The molecule has 1 aromatic heterocycles. The summed E-state index contributed by atoms with van der Waals surface area (Å²) in [7, 11) is 3.94. The Morgan fingerprint density at radius 2 is 1.52 bits per heavy atom. The standard InChI is InChI=1S/C23H27N5O/c1-23(2,3)16-6-8-17(9-7-16)26-21-14-20(24-15-25-21)22(29)27-18-10-12-19(13-11-18)28(4)5/h6-15H,1-5H3,(H,27,29)(H,24,25,26). The van der Waals surface area contributed by atoms with Crippen molar-refractivity contribution in [2.75, 3.05) is 29.6 Å². The number of nitrogens with zero attached hydrogens (tertiary/aromatic N) is 3. The number of rotatable bonds is 5. The molecule has 0 unspecified atom stereocenters. The molecule has 0 bridgehead atoms. The Morgan fingerprint density at radius 3 is 2.10 bits per heavy atom. The number of nitrogens with one attached hydrogen (secondary N) is 2. The number of hydrogen-bond acceptors (Lipinski definition) is 5. The van der Waals surface area contributed by atoms with E-state index < -0.39 is 0 Å². The highest BCUT2D eigenvalue weighted by Crippen LogP contribution is 2.24. The highest BCUT2D eigenvalue weighted by atomic mass is 16.1. The van der Waals surface area contributed by atoms with Crippen molar-refractivity contribution in [3.8, 4) is 0 Å². The van der Waals surface area contributed by atoms with Crippen LogP contribution in [0.15, 0.2) is 60.9 Å². The molecular formula is C23H27N5O. The number of aromatic nitrogens is 2. The van der Waals surface area contributed by atoms with Gasteiger partial charge in [-0.2, -0.15) is 0 Å². The first-order valence-electron chi connectivity index (χ1n) is 9.51.